The van der Waals surface area contributed by atoms with Gasteiger partial charge in [-0.25, -0.2) is 0 Å². The summed E-state index contributed by atoms with van der Waals surface area (Å²) in [6.07, 6.45) is -0.345. The Kier molecular flexibility index (Phi) is 3.58. The number of anilines is 1. The molecule has 3 rings (SSSR count). The zero-order valence-corrected chi connectivity index (χ0v) is 11.7. The van der Waals surface area contributed by atoms with Crippen LogP contribution in [-0.2, 0) is 11.3 Å². The first-order valence-corrected chi connectivity index (χ1v) is 6.72. The van der Waals surface area contributed by atoms with Gasteiger partial charge < -0.3 is 25.1 Å². The largest absolute Gasteiger partial charge is 0.508 e. The molecule has 1 atom stereocenters. The van der Waals surface area contributed by atoms with Crippen molar-refractivity contribution in [2.24, 2.45) is 0 Å². The molecule has 2 aromatic rings. The smallest absolute Gasteiger partial charge is 0.189 e. The van der Waals surface area contributed by atoms with Gasteiger partial charge >= 0.3 is 0 Å². The molecule has 1 heterocycles. The van der Waals surface area contributed by atoms with Crippen molar-refractivity contribution in [2.75, 3.05) is 12.5 Å². The molecule has 2 aromatic carbocycles. The number of ether oxygens (including phenoxy) is 3. The molecule has 1 unspecified atom stereocenters. The molecule has 0 fully saturated rings. The van der Waals surface area contributed by atoms with E-state index in [9.17, 15) is 5.11 Å². The highest BCUT2D eigenvalue weighted by Gasteiger charge is 2.19. The third kappa shape index (κ3) is 2.73. The van der Waals surface area contributed by atoms with E-state index in [1.165, 1.54) is 0 Å². The summed E-state index contributed by atoms with van der Waals surface area (Å²) in [5, 5.41) is 9.94. The monoisotopic (exact) mass is 287 g/mol. The molecular formula is C16H17NO4. The number of hydrogen-bond donors (Lipinski definition) is 2. The summed E-state index contributed by atoms with van der Waals surface area (Å²) in [6, 6.07) is 10.5. The Bertz CT molecular complexity index is 657. The van der Waals surface area contributed by atoms with E-state index in [0.717, 1.165) is 11.3 Å². The number of aromatic hydroxyl groups is 1. The van der Waals surface area contributed by atoms with Gasteiger partial charge in [-0.2, -0.15) is 0 Å². The second-order valence-corrected chi connectivity index (χ2v) is 4.92. The van der Waals surface area contributed by atoms with E-state index in [2.05, 4.69) is 0 Å². The van der Waals surface area contributed by atoms with Gasteiger partial charge in [-0.05, 0) is 37.3 Å². The third-order valence-electron chi connectivity index (χ3n) is 3.43. The van der Waals surface area contributed by atoms with Crippen molar-refractivity contribution in [1.29, 1.82) is 0 Å². The number of benzene rings is 2. The fourth-order valence-electron chi connectivity index (χ4n) is 2.33. The van der Waals surface area contributed by atoms with Gasteiger partial charge in [0.25, 0.3) is 0 Å². The Morgan fingerprint density at radius 1 is 1.29 bits per heavy atom. The zero-order valence-electron chi connectivity index (χ0n) is 11.7. The van der Waals surface area contributed by atoms with E-state index < -0.39 is 0 Å². The fraction of sp³-hybridized carbons (Fsp3) is 0.250. The topological polar surface area (TPSA) is 73.9 Å². The predicted molar refractivity (Wildman–Crippen MR) is 78.3 cm³/mol. The summed E-state index contributed by atoms with van der Waals surface area (Å²) in [4.78, 5) is 0. The number of fused-ring (bicyclic) bond motifs is 1. The third-order valence-corrected chi connectivity index (χ3v) is 3.43. The molecule has 5 nitrogen and oxygen atoms in total. The van der Waals surface area contributed by atoms with Crippen LogP contribution in [0.5, 0.6) is 17.2 Å². The molecule has 110 valence electrons. The highest BCUT2D eigenvalue weighted by molar-refractivity contribution is 5.49. The van der Waals surface area contributed by atoms with Crippen LogP contribution in [0.3, 0.4) is 0 Å². The van der Waals surface area contributed by atoms with E-state index in [4.69, 9.17) is 19.9 Å². The minimum atomic E-state index is -0.345. The van der Waals surface area contributed by atoms with Gasteiger partial charge in [-0.3, -0.25) is 0 Å². The Hall–Kier alpha value is -2.40. The van der Waals surface area contributed by atoms with Crippen molar-refractivity contribution < 1.29 is 19.3 Å². The molecule has 0 amide bonds. The van der Waals surface area contributed by atoms with Gasteiger partial charge in [-0.1, -0.05) is 6.07 Å². The standard InChI is InChI=1S/C16H17NO4/c1-10(12-7-11(17)5-6-14(12)18)21-16-4-2-3-15-13(16)8-19-9-20-15/h2-7,10,18H,8-9,17H2,1H3. The van der Waals surface area contributed by atoms with Gasteiger partial charge in [0.2, 0.25) is 0 Å². The molecule has 0 saturated heterocycles. The SMILES string of the molecule is CC(Oc1cccc2c1COCO2)c1cc(N)ccc1O. The van der Waals surface area contributed by atoms with Crippen LogP contribution in [0.1, 0.15) is 24.2 Å². The number of phenolic OH excluding ortho intramolecular Hbond substituents is 1. The predicted octanol–water partition coefficient (Wildman–Crippen LogP) is 2.98. The van der Waals surface area contributed by atoms with Gasteiger partial charge in [0, 0.05) is 11.3 Å². The first-order valence-electron chi connectivity index (χ1n) is 6.72. The van der Waals surface area contributed by atoms with Gasteiger partial charge in [0.1, 0.15) is 23.4 Å². The second-order valence-electron chi connectivity index (χ2n) is 4.92. The first kappa shape index (κ1) is 13.6. The van der Waals surface area contributed by atoms with E-state index in [0.29, 0.717) is 23.6 Å². The first-order chi connectivity index (χ1) is 10.1. The Labute approximate surface area is 122 Å². The van der Waals surface area contributed by atoms with Gasteiger partial charge in [0.15, 0.2) is 6.79 Å². The molecule has 21 heavy (non-hydrogen) atoms. The highest BCUT2D eigenvalue weighted by atomic mass is 16.7. The second kappa shape index (κ2) is 5.54. The molecule has 0 aliphatic carbocycles. The lowest BCUT2D eigenvalue weighted by atomic mass is 10.1. The number of hydrogen-bond acceptors (Lipinski definition) is 5. The lowest BCUT2D eigenvalue weighted by Crippen LogP contribution is -2.13. The zero-order chi connectivity index (χ0) is 14.8. The summed E-state index contributed by atoms with van der Waals surface area (Å²) < 4.78 is 16.7. The maximum Gasteiger partial charge on any atom is 0.189 e. The van der Waals surface area contributed by atoms with Crippen molar-refractivity contribution in [3.8, 4) is 17.2 Å². The van der Waals surface area contributed by atoms with Crippen LogP contribution in [0.25, 0.3) is 0 Å². The number of nitrogens with two attached hydrogens (primary N) is 1. The number of phenols is 1. The summed E-state index contributed by atoms with van der Waals surface area (Å²) >= 11 is 0. The van der Waals surface area contributed by atoms with Crippen LogP contribution in [-0.4, -0.2) is 11.9 Å². The maximum atomic E-state index is 9.94. The quantitative estimate of drug-likeness (QED) is 0.670. The lowest BCUT2D eigenvalue weighted by Gasteiger charge is -2.23. The normalized spacial score (nSPS) is 14.9. The van der Waals surface area contributed by atoms with Gasteiger partial charge in [0.05, 0.1) is 12.2 Å². The molecule has 0 bridgehead atoms. The summed E-state index contributed by atoms with van der Waals surface area (Å²) in [6.45, 7) is 2.56. The fourth-order valence-corrected chi connectivity index (χ4v) is 2.33. The van der Waals surface area contributed by atoms with Crippen molar-refractivity contribution in [1.82, 2.24) is 0 Å². The van der Waals surface area contributed by atoms with Gasteiger partial charge in [-0.15, -0.1) is 0 Å². The minimum absolute atomic E-state index is 0.161. The summed E-state index contributed by atoms with van der Waals surface area (Å²) in [5.41, 5.74) is 7.86. The van der Waals surface area contributed by atoms with Crippen molar-refractivity contribution in [2.45, 2.75) is 19.6 Å². The molecule has 0 radical (unpaired) electrons. The van der Waals surface area contributed by atoms with Crippen LogP contribution >= 0.6 is 0 Å². The van der Waals surface area contributed by atoms with Crippen molar-refractivity contribution in [3.05, 3.63) is 47.5 Å². The van der Waals surface area contributed by atoms with E-state index in [1.807, 2.05) is 25.1 Å². The lowest BCUT2D eigenvalue weighted by molar-refractivity contribution is -0.0182. The van der Waals surface area contributed by atoms with E-state index in [1.54, 1.807) is 18.2 Å². The summed E-state index contributed by atoms with van der Waals surface area (Å²) in [7, 11) is 0. The molecule has 0 spiro atoms. The minimum Gasteiger partial charge on any atom is -0.508 e. The molecule has 0 aromatic heterocycles. The Morgan fingerprint density at radius 2 is 2.14 bits per heavy atom. The number of rotatable bonds is 3. The number of nitrogen functional groups attached to an aromatic ring is 1. The Morgan fingerprint density at radius 3 is 3.00 bits per heavy atom. The van der Waals surface area contributed by atoms with Crippen LogP contribution in [0.2, 0.25) is 0 Å². The maximum absolute atomic E-state index is 9.94. The molecule has 1 aliphatic rings. The molecule has 0 saturated carbocycles. The van der Waals surface area contributed by atoms with E-state index >= 15 is 0 Å². The van der Waals surface area contributed by atoms with E-state index in [-0.39, 0.29) is 18.6 Å². The molecule has 1 aliphatic heterocycles. The van der Waals surface area contributed by atoms with Crippen LogP contribution in [0.4, 0.5) is 5.69 Å². The van der Waals surface area contributed by atoms with Crippen molar-refractivity contribution in [3.63, 3.8) is 0 Å². The van der Waals surface area contributed by atoms with Crippen molar-refractivity contribution >= 4 is 5.69 Å². The Balaban J connectivity index is 1.88. The average Bonchev–Trinajstić information content (AvgIpc) is 2.50. The van der Waals surface area contributed by atoms with Crippen LogP contribution in [0.15, 0.2) is 36.4 Å². The highest BCUT2D eigenvalue weighted by Crippen LogP contribution is 2.36. The van der Waals surface area contributed by atoms with Crippen LogP contribution < -0.4 is 15.2 Å². The molecule has 3 N–H and O–H groups in total. The summed E-state index contributed by atoms with van der Waals surface area (Å²) in [5.74, 6) is 1.61. The average molecular weight is 287 g/mol. The molecule has 5 heteroatoms. The van der Waals surface area contributed by atoms with Crippen LogP contribution in [0, 0.1) is 0 Å². The molecular weight excluding hydrogens is 270 g/mol.